The molecular formula is C22H22FNO4. The topological polar surface area (TPSA) is 51.9 Å². The zero-order valence-corrected chi connectivity index (χ0v) is 16.3. The van der Waals surface area contributed by atoms with Gasteiger partial charge in [0, 0.05) is 13.6 Å². The zero-order valence-electron chi connectivity index (χ0n) is 16.3. The van der Waals surface area contributed by atoms with Gasteiger partial charge in [-0.15, -0.1) is 0 Å². The molecule has 0 fully saturated rings. The number of hydrogen-bond acceptors (Lipinski definition) is 4. The first kappa shape index (κ1) is 19.5. The fourth-order valence-electron chi connectivity index (χ4n) is 2.97. The van der Waals surface area contributed by atoms with Crippen LogP contribution in [-0.2, 0) is 6.54 Å². The Morgan fingerprint density at radius 2 is 1.75 bits per heavy atom. The Hall–Kier alpha value is -3.28. The Morgan fingerprint density at radius 3 is 2.43 bits per heavy atom. The molecule has 1 aromatic heterocycles. The van der Waals surface area contributed by atoms with E-state index in [-0.39, 0.29) is 11.7 Å². The van der Waals surface area contributed by atoms with Crippen LogP contribution >= 0.6 is 0 Å². The number of ether oxygens (including phenoxy) is 2. The van der Waals surface area contributed by atoms with Gasteiger partial charge < -0.3 is 18.8 Å². The van der Waals surface area contributed by atoms with E-state index in [1.54, 1.807) is 51.6 Å². The number of furan rings is 1. The van der Waals surface area contributed by atoms with Gasteiger partial charge in [-0.3, -0.25) is 4.79 Å². The van der Waals surface area contributed by atoms with Crippen LogP contribution in [0.2, 0.25) is 0 Å². The van der Waals surface area contributed by atoms with Crippen LogP contribution < -0.4 is 9.47 Å². The van der Waals surface area contributed by atoms with Crippen LogP contribution in [0.1, 0.15) is 21.7 Å². The monoisotopic (exact) mass is 383 g/mol. The molecule has 0 radical (unpaired) electrons. The molecule has 3 rings (SSSR count). The van der Waals surface area contributed by atoms with E-state index in [0.717, 1.165) is 11.1 Å². The lowest BCUT2D eigenvalue weighted by Gasteiger charge is -2.19. The first-order chi connectivity index (χ1) is 13.4. The molecule has 0 unspecified atom stereocenters. The second kappa shape index (κ2) is 8.17. The molecule has 1 amide bonds. The number of carbonyl (C=O) groups is 1. The number of hydrogen-bond donors (Lipinski definition) is 0. The van der Waals surface area contributed by atoms with Gasteiger partial charge in [-0.25, -0.2) is 4.39 Å². The van der Waals surface area contributed by atoms with Crippen LogP contribution in [0.5, 0.6) is 11.5 Å². The van der Waals surface area contributed by atoms with E-state index in [1.165, 1.54) is 11.0 Å². The van der Waals surface area contributed by atoms with Gasteiger partial charge in [0.25, 0.3) is 5.91 Å². The predicted octanol–water partition coefficient (Wildman–Crippen LogP) is 4.68. The maximum atomic E-state index is 13.9. The lowest BCUT2D eigenvalue weighted by Crippen LogP contribution is -2.26. The second-order valence-corrected chi connectivity index (χ2v) is 6.44. The van der Waals surface area contributed by atoms with Gasteiger partial charge in [-0.2, -0.15) is 0 Å². The number of methoxy groups -OCH3 is 2. The summed E-state index contributed by atoms with van der Waals surface area (Å²) in [5.41, 5.74) is 2.22. The minimum Gasteiger partial charge on any atom is -0.493 e. The van der Waals surface area contributed by atoms with Gasteiger partial charge in [0.2, 0.25) is 0 Å². The molecule has 0 atom stereocenters. The molecule has 0 spiro atoms. The summed E-state index contributed by atoms with van der Waals surface area (Å²) in [5, 5.41) is 0. The molecule has 0 aliphatic carbocycles. The summed E-state index contributed by atoms with van der Waals surface area (Å²) in [6.07, 6.45) is 0. The van der Waals surface area contributed by atoms with Gasteiger partial charge in [-0.1, -0.05) is 12.1 Å². The molecule has 0 aliphatic rings. The molecule has 6 heteroatoms. The number of nitrogens with zero attached hydrogens (tertiary/aromatic N) is 1. The molecule has 1 heterocycles. The lowest BCUT2D eigenvalue weighted by molar-refractivity contribution is 0.0754. The number of halogens is 1. The minimum atomic E-state index is -0.398. The van der Waals surface area contributed by atoms with Gasteiger partial charge >= 0.3 is 0 Å². The largest absolute Gasteiger partial charge is 0.493 e. The van der Waals surface area contributed by atoms with Crippen LogP contribution in [0.4, 0.5) is 4.39 Å². The Morgan fingerprint density at radius 1 is 1.07 bits per heavy atom. The van der Waals surface area contributed by atoms with Crippen molar-refractivity contribution in [3.63, 3.8) is 0 Å². The number of aryl methyl sites for hydroxylation is 1. The lowest BCUT2D eigenvalue weighted by atomic mass is 10.1. The van der Waals surface area contributed by atoms with E-state index in [2.05, 4.69) is 0 Å². The van der Waals surface area contributed by atoms with E-state index in [0.29, 0.717) is 29.4 Å². The van der Waals surface area contributed by atoms with Gasteiger partial charge in [0.1, 0.15) is 11.6 Å². The number of benzene rings is 2. The molecule has 0 aliphatic heterocycles. The summed E-state index contributed by atoms with van der Waals surface area (Å²) in [4.78, 5) is 14.3. The van der Waals surface area contributed by atoms with Crippen molar-refractivity contribution in [1.29, 1.82) is 0 Å². The Kier molecular flexibility index (Phi) is 5.68. The van der Waals surface area contributed by atoms with E-state index in [4.69, 9.17) is 13.9 Å². The smallest absolute Gasteiger partial charge is 0.289 e. The standard InChI is InChI=1S/C22H22FNO4/c1-14-11-20(26-3)21(27-4)12-15(14)13-24(2)22(25)19-10-9-18(28-19)16-7-5-6-8-17(16)23/h5-12H,13H2,1-4H3. The van der Waals surface area contributed by atoms with Crippen LogP contribution in [0.25, 0.3) is 11.3 Å². The molecule has 0 saturated carbocycles. The van der Waals surface area contributed by atoms with Crippen molar-refractivity contribution < 1.29 is 23.1 Å². The molecule has 0 saturated heterocycles. The van der Waals surface area contributed by atoms with Gasteiger partial charge in [0.15, 0.2) is 17.3 Å². The highest BCUT2D eigenvalue weighted by atomic mass is 19.1. The maximum Gasteiger partial charge on any atom is 0.289 e. The van der Waals surface area contributed by atoms with E-state index >= 15 is 0 Å². The van der Waals surface area contributed by atoms with Crippen LogP contribution in [0.15, 0.2) is 52.9 Å². The SMILES string of the molecule is COc1cc(C)c(CN(C)C(=O)c2ccc(-c3ccccc3F)o2)cc1OC. The molecular weight excluding hydrogens is 361 g/mol. The summed E-state index contributed by atoms with van der Waals surface area (Å²) < 4.78 is 30.2. The fourth-order valence-corrected chi connectivity index (χ4v) is 2.97. The van der Waals surface area contributed by atoms with Crippen LogP contribution in [-0.4, -0.2) is 32.1 Å². The number of rotatable bonds is 6. The fraction of sp³-hybridized carbons (Fsp3) is 0.227. The first-order valence-electron chi connectivity index (χ1n) is 8.76. The van der Waals surface area contributed by atoms with E-state index in [1.807, 2.05) is 19.1 Å². The van der Waals surface area contributed by atoms with Crippen LogP contribution in [0.3, 0.4) is 0 Å². The van der Waals surface area contributed by atoms with Crippen LogP contribution in [0, 0.1) is 12.7 Å². The normalized spacial score (nSPS) is 10.6. The second-order valence-electron chi connectivity index (χ2n) is 6.44. The van der Waals surface area contributed by atoms with Crippen molar-refractivity contribution in [2.24, 2.45) is 0 Å². The highest BCUT2D eigenvalue weighted by Gasteiger charge is 2.19. The van der Waals surface area contributed by atoms with Crippen molar-refractivity contribution in [3.05, 3.63) is 71.2 Å². The predicted molar refractivity (Wildman–Crippen MR) is 104 cm³/mol. The van der Waals surface area contributed by atoms with Crippen molar-refractivity contribution >= 4 is 5.91 Å². The Bertz CT molecular complexity index is 996. The molecule has 0 N–H and O–H groups in total. The molecule has 2 aromatic carbocycles. The third-order valence-electron chi connectivity index (χ3n) is 4.55. The third kappa shape index (κ3) is 3.86. The number of amides is 1. The Labute approximate surface area is 163 Å². The molecule has 3 aromatic rings. The molecule has 5 nitrogen and oxygen atoms in total. The third-order valence-corrected chi connectivity index (χ3v) is 4.55. The highest BCUT2D eigenvalue weighted by molar-refractivity contribution is 5.92. The summed E-state index contributed by atoms with van der Waals surface area (Å²) >= 11 is 0. The summed E-state index contributed by atoms with van der Waals surface area (Å²) in [7, 11) is 4.83. The maximum absolute atomic E-state index is 13.9. The quantitative estimate of drug-likeness (QED) is 0.620. The average Bonchev–Trinajstić information content (AvgIpc) is 3.18. The average molecular weight is 383 g/mol. The molecule has 28 heavy (non-hydrogen) atoms. The zero-order chi connectivity index (χ0) is 20.3. The van der Waals surface area contributed by atoms with E-state index < -0.39 is 5.82 Å². The van der Waals surface area contributed by atoms with Gasteiger partial charge in [-0.05, 0) is 54.4 Å². The summed E-state index contributed by atoms with van der Waals surface area (Å²) in [6, 6.07) is 13.2. The Balaban J connectivity index is 1.80. The summed E-state index contributed by atoms with van der Waals surface area (Å²) in [5.74, 6) is 1.01. The highest BCUT2D eigenvalue weighted by Crippen LogP contribution is 2.31. The van der Waals surface area contributed by atoms with Crippen molar-refractivity contribution in [2.75, 3.05) is 21.3 Å². The molecule has 0 bridgehead atoms. The summed E-state index contributed by atoms with van der Waals surface area (Å²) in [6.45, 7) is 2.31. The van der Waals surface area contributed by atoms with Crippen molar-refractivity contribution in [1.82, 2.24) is 4.90 Å². The minimum absolute atomic E-state index is 0.152. The van der Waals surface area contributed by atoms with Crippen molar-refractivity contribution in [3.8, 4) is 22.8 Å². The first-order valence-corrected chi connectivity index (χ1v) is 8.76. The van der Waals surface area contributed by atoms with Crippen molar-refractivity contribution in [2.45, 2.75) is 13.5 Å². The van der Waals surface area contributed by atoms with Gasteiger partial charge in [0.05, 0.1) is 19.8 Å². The van der Waals surface area contributed by atoms with E-state index in [9.17, 15) is 9.18 Å². The molecule has 146 valence electrons. The number of carbonyl (C=O) groups excluding carboxylic acids is 1.